The lowest BCUT2D eigenvalue weighted by molar-refractivity contribution is 0.454. The first-order valence-electron chi connectivity index (χ1n) is 4.68. The molecule has 72 valence electrons. The summed E-state index contributed by atoms with van der Waals surface area (Å²) in [5.41, 5.74) is 2.15. The minimum Gasteiger partial charge on any atom is -0.508 e. The van der Waals surface area contributed by atoms with Gasteiger partial charge in [-0.25, -0.2) is 0 Å². The molecule has 0 fully saturated rings. The third kappa shape index (κ3) is 2.46. The van der Waals surface area contributed by atoms with Crippen LogP contribution in [0.5, 0.6) is 5.75 Å². The van der Waals surface area contributed by atoms with E-state index in [9.17, 15) is 5.11 Å². The van der Waals surface area contributed by atoms with Gasteiger partial charge >= 0.3 is 0 Å². The second-order valence-electron chi connectivity index (χ2n) is 3.34. The van der Waals surface area contributed by atoms with Gasteiger partial charge in [-0.05, 0) is 26.5 Å². The quantitative estimate of drug-likeness (QED) is 0.746. The van der Waals surface area contributed by atoms with Crippen LogP contribution in [0, 0.1) is 6.92 Å². The van der Waals surface area contributed by atoms with Crippen molar-refractivity contribution in [1.82, 2.24) is 5.32 Å². The van der Waals surface area contributed by atoms with E-state index >= 15 is 0 Å². The van der Waals surface area contributed by atoms with Crippen LogP contribution in [0.15, 0.2) is 18.2 Å². The Hall–Kier alpha value is -1.02. The maximum Gasteiger partial charge on any atom is 0.120 e. The van der Waals surface area contributed by atoms with Crippen LogP contribution in [-0.4, -0.2) is 11.7 Å². The molecule has 0 aromatic heterocycles. The predicted octanol–water partition coefficient (Wildman–Crippen LogP) is 2.37. The Bertz CT molecular complexity index is 283. The molecule has 0 aliphatic heterocycles. The van der Waals surface area contributed by atoms with E-state index in [2.05, 4.69) is 19.2 Å². The van der Waals surface area contributed by atoms with Crippen molar-refractivity contribution >= 4 is 0 Å². The fourth-order valence-corrected chi connectivity index (χ4v) is 1.44. The molecule has 0 spiro atoms. The summed E-state index contributed by atoms with van der Waals surface area (Å²) in [7, 11) is 0. The van der Waals surface area contributed by atoms with Crippen molar-refractivity contribution < 1.29 is 5.11 Å². The van der Waals surface area contributed by atoms with E-state index in [0.29, 0.717) is 5.75 Å². The van der Waals surface area contributed by atoms with Gasteiger partial charge in [0.15, 0.2) is 0 Å². The van der Waals surface area contributed by atoms with Crippen molar-refractivity contribution in [3.63, 3.8) is 0 Å². The molecule has 0 saturated carbocycles. The third-order valence-electron chi connectivity index (χ3n) is 2.16. The Morgan fingerprint density at radius 3 is 2.77 bits per heavy atom. The van der Waals surface area contributed by atoms with E-state index in [-0.39, 0.29) is 6.04 Å². The molecule has 2 nitrogen and oxygen atoms in total. The molecule has 0 aliphatic carbocycles. The van der Waals surface area contributed by atoms with Gasteiger partial charge in [0.2, 0.25) is 0 Å². The van der Waals surface area contributed by atoms with Gasteiger partial charge in [-0.2, -0.15) is 0 Å². The third-order valence-corrected chi connectivity index (χ3v) is 2.16. The van der Waals surface area contributed by atoms with Crippen molar-refractivity contribution in [1.29, 1.82) is 0 Å². The van der Waals surface area contributed by atoms with Crippen LogP contribution in [0.1, 0.15) is 31.0 Å². The SMILES string of the molecule is CCNC(C)c1cc(C)ccc1O. The highest BCUT2D eigenvalue weighted by molar-refractivity contribution is 5.37. The monoisotopic (exact) mass is 179 g/mol. The van der Waals surface area contributed by atoms with Crippen LogP contribution in [0.3, 0.4) is 0 Å². The van der Waals surface area contributed by atoms with Gasteiger partial charge in [-0.15, -0.1) is 0 Å². The Balaban J connectivity index is 2.91. The largest absolute Gasteiger partial charge is 0.508 e. The summed E-state index contributed by atoms with van der Waals surface area (Å²) in [6.07, 6.45) is 0. The summed E-state index contributed by atoms with van der Waals surface area (Å²) < 4.78 is 0. The fourth-order valence-electron chi connectivity index (χ4n) is 1.44. The highest BCUT2D eigenvalue weighted by atomic mass is 16.3. The summed E-state index contributed by atoms with van der Waals surface area (Å²) in [6.45, 7) is 7.05. The minimum atomic E-state index is 0.213. The number of nitrogens with one attached hydrogen (secondary N) is 1. The molecule has 13 heavy (non-hydrogen) atoms. The lowest BCUT2D eigenvalue weighted by Gasteiger charge is -2.14. The number of hydrogen-bond acceptors (Lipinski definition) is 2. The Kier molecular flexibility index (Phi) is 3.32. The van der Waals surface area contributed by atoms with Gasteiger partial charge in [0, 0.05) is 11.6 Å². The van der Waals surface area contributed by atoms with Crippen molar-refractivity contribution in [3.05, 3.63) is 29.3 Å². The molecule has 1 aromatic rings. The molecule has 0 heterocycles. The van der Waals surface area contributed by atoms with E-state index in [4.69, 9.17) is 0 Å². The van der Waals surface area contributed by atoms with Crippen LogP contribution in [0.4, 0.5) is 0 Å². The number of benzene rings is 1. The standard InChI is InChI=1S/C11H17NO/c1-4-12-9(3)10-7-8(2)5-6-11(10)13/h5-7,9,12-13H,4H2,1-3H3. The highest BCUT2D eigenvalue weighted by Gasteiger charge is 2.08. The first-order valence-corrected chi connectivity index (χ1v) is 4.68. The fraction of sp³-hybridized carbons (Fsp3) is 0.455. The van der Waals surface area contributed by atoms with Gasteiger partial charge in [0.1, 0.15) is 5.75 Å². The number of aryl methyl sites for hydroxylation is 1. The summed E-state index contributed by atoms with van der Waals surface area (Å²) >= 11 is 0. The zero-order chi connectivity index (χ0) is 9.84. The maximum absolute atomic E-state index is 9.59. The van der Waals surface area contributed by atoms with Crippen LogP contribution >= 0.6 is 0 Å². The molecule has 1 unspecified atom stereocenters. The van der Waals surface area contributed by atoms with Crippen molar-refractivity contribution in [2.75, 3.05) is 6.54 Å². The van der Waals surface area contributed by atoms with Crippen LogP contribution < -0.4 is 5.32 Å². The smallest absolute Gasteiger partial charge is 0.120 e. The Morgan fingerprint density at radius 2 is 2.15 bits per heavy atom. The van der Waals surface area contributed by atoms with Gasteiger partial charge in [0.25, 0.3) is 0 Å². The molecule has 2 N–H and O–H groups in total. The Morgan fingerprint density at radius 1 is 1.46 bits per heavy atom. The Labute approximate surface area is 79.6 Å². The van der Waals surface area contributed by atoms with Crippen molar-refractivity contribution in [2.45, 2.75) is 26.8 Å². The van der Waals surface area contributed by atoms with E-state index in [0.717, 1.165) is 12.1 Å². The molecule has 1 aromatic carbocycles. The lowest BCUT2D eigenvalue weighted by Crippen LogP contribution is -2.17. The number of rotatable bonds is 3. The second kappa shape index (κ2) is 4.28. The maximum atomic E-state index is 9.59. The number of phenolic OH excluding ortho intramolecular Hbond substituents is 1. The molecule has 2 heteroatoms. The molecular formula is C11H17NO. The second-order valence-corrected chi connectivity index (χ2v) is 3.34. The number of hydrogen-bond donors (Lipinski definition) is 2. The van der Waals surface area contributed by atoms with Gasteiger partial charge in [0.05, 0.1) is 0 Å². The van der Waals surface area contributed by atoms with Crippen molar-refractivity contribution in [2.24, 2.45) is 0 Å². The number of aromatic hydroxyl groups is 1. The van der Waals surface area contributed by atoms with Crippen molar-refractivity contribution in [3.8, 4) is 5.75 Å². The molecular weight excluding hydrogens is 162 g/mol. The van der Waals surface area contributed by atoms with E-state index in [1.165, 1.54) is 5.56 Å². The molecule has 0 aliphatic rings. The molecule has 0 bridgehead atoms. The lowest BCUT2D eigenvalue weighted by atomic mass is 10.0. The van der Waals surface area contributed by atoms with E-state index in [1.54, 1.807) is 6.07 Å². The van der Waals surface area contributed by atoms with E-state index < -0.39 is 0 Å². The zero-order valence-electron chi connectivity index (χ0n) is 8.46. The van der Waals surface area contributed by atoms with Gasteiger partial charge in [-0.1, -0.05) is 24.6 Å². The molecule has 0 radical (unpaired) electrons. The van der Waals surface area contributed by atoms with Gasteiger partial charge in [-0.3, -0.25) is 0 Å². The normalized spacial score (nSPS) is 12.8. The molecule has 0 amide bonds. The molecule has 0 saturated heterocycles. The van der Waals surface area contributed by atoms with Crippen LogP contribution in [0.2, 0.25) is 0 Å². The average Bonchev–Trinajstić information content (AvgIpc) is 2.09. The van der Waals surface area contributed by atoms with Crippen LogP contribution in [0.25, 0.3) is 0 Å². The summed E-state index contributed by atoms with van der Waals surface area (Å²) in [5.74, 6) is 0.374. The summed E-state index contributed by atoms with van der Waals surface area (Å²) in [6, 6.07) is 5.89. The topological polar surface area (TPSA) is 32.3 Å². The van der Waals surface area contributed by atoms with Crippen LogP contribution in [-0.2, 0) is 0 Å². The first kappa shape index (κ1) is 10.1. The number of phenols is 1. The zero-order valence-corrected chi connectivity index (χ0v) is 8.46. The average molecular weight is 179 g/mol. The molecule has 1 rings (SSSR count). The highest BCUT2D eigenvalue weighted by Crippen LogP contribution is 2.24. The summed E-state index contributed by atoms with van der Waals surface area (Å²) in [4.78, 5) is 0. The predicted molar refractivity (Wildman–Crippen MR) is 54.9 cm³/mol. The van der Waals surface area contributed by atoms with Gasteiger partial charge < -0.3 is 10.4 Å². The van der Waals surface area contributed by atoms with E-state index in [1.807, 2.05) is 19.1 Å². The summed E-state index contributed by atoms with van der Waals surface area (Å²) in [5, 5.41) is 12.9. The molecule has 1 atom stereocenters. The minimum absolute atomic E-state index is 0.213. The first-order chi connectivity index (χ1) is 6.15.